The van der Waals surface area contributed by atoms with Crippen LogP contribution in [0.4, 0.5) is 0 Å². The molecule has 50 heavy (non-hydrogen) atoms. The highest BCUT2D eigenvalue weighted by Gasteiger charge is 2.15. The van der Waals surface area contributed by atoms with E-state index in [2.05, 4.69) is 171 Å². The first kappa shape index (κ1) is 31.2. The number of rotatable bonds is 8. The lowest BCUT2D eigenvalue weighted by molar-refractivity contribution is 1.49. The van der Waals surface area contributed by atoms with E-state index in [0.29, 0.717) is 0 Å². The van der Waals surface area contributed by atoms with E-state index in [9.17, 15) is 0 Å². The molecule has 238 valence electrons. The number of aliphatic imine (C=N–C) groups is 1. The summed E-state index contributed by atoms with van der Waals surface area (Å²) in [5.74, 6) is 0. The maximum absolute atomic E-state index is 5.08. The maximum atomic E-state index is 5.08. The minimum atomic E-state index is 0.733. The number of hydrogen-bond donors (Lipinski definition) is 0. The molecule has 8 rings (SSSR count). The summed E-state index contributed by atoms with van der Waals surface area (Å²) in [6.45, 7) is 6.51. The highest BCUT2D eigenvalue weighted by Crippen LogP contribution is 2.40. The minimum absolute atomic E-state index is 0.733. The van der Waals surface area contributed by atoms with E-state index < -0.39 is 0 Å². The Balaban J connectivity index is 1.21. The van der Waals surface area contributed by atoms with Crippen LogP contribution in [-0.4, -0.2) is 5.71 Å². The lowest BCUT2D eigenvalue weighted by atomic mass is 9.87. The van der Waals surface area contributed by atoms with Crippen molar-refractivity contribution in [2.75, 3.05) is 0 Å². The predicted octanol–water partition coefficient (Wildman–Crippen LogP) is 13.6. The number of allylic oxidation sites excluding steroid dienone is 2. The molecule has 1 aromatic heterocycles. The summed E-state index contributed by atoms with van der Waals surface area (Å²) in [7, 11) is 0. The van der Waals surface area contributed by atoms with Gasteiger partial charge in [0.2, 0.25) is 0 Å². The van der Waals surface area contributed by atoms with Crippen molar-refractivity contribution in [2.45, 2.75) is 6.92 Å². The van der Waals surface area contributed by atoms with Gasteiger partial charge in [0.15, 0.2) is 0 Å². The Morgan fingerprint density at radius 3 is 1.86 bits per heavy atom. The molecule has 0 radical (unpaired) electrons. The molecule has 0 saturated heterocycles. The summed E-state index contributed by atoms with van der Waals surface area (Å²) in [4.78, 5) is 5.08. The zero-order valence-corrected chi connectivity index (χ0v) is 28.7. The smallest absolute Gasteiger partial charge is 0.0712 e. The molecule has 2 heteroatoms. The molecule has 0 spiro atoms. The van der Waals surface area contributed by atoms with Gasteiger partial charge in [-0.25, -0.2) is 4.99 Å². The fourth-order valence-corrected chi connectivity index (χ4v) is 7.78. The van der Waals surface area contributed by atoms with Gasteiger partial charge in [-0.05, 0) is 81.3 Å². The standard InChI is InChI=1S/C48H35NS/c1-33(31-45(38-17-8-4-9-18-38)49-34(2)35-15-6-3-7-16-35)41-22-14-23-42(48(41)39-19-10-5-11-20-39)37-27-25-36(26-28-37)40-29-30-47-44(32-40)43-21-12-13-24-46(43)50-47/h3-32H,2H2,1H3/b33-31+,49-45?. The molecule has 0 unspecified atom stereocenters. The molecule has 0 fully saturated rings. The second-order valence-electron chi connectivity index (χ2n) is 12.5. The van der Waals surface area contributed by atoms with Crippen molar-refractivity contribution in [3.63, 3.8) is 0 Å². The molecule has 0 aliphatic carbocycles. The lowest BCUT2D eigenvalue weighted by Crippen LogP contribution is -2.00. The fraction of sp³-hybridized carbons (Fsp3) is 0.0208. The van der Waals surface area contributed by atoms with Crippen LogP contribution in [0.5, 0.6) is 0 Å². The van der Waals surface area contributed by atoms with Crippen LogP contribution in [0.15, 0.2) is 194 Å². The summed E-state index contributed by atoms with van der Waals surface area (Å²) >= 11 is 1.86. The fourth-order valence-electron chi connectivity index (χ4n) is 6.70. The molecule has 0 amide bonds. The normalized spacial score (nSPS) is 12.0. The topological polar surface area (TPSA) is 12.4 Å². The van der Waals surface area contributed by atoms with E-state index in [0.717, 1.165) is 28.1 Å². The predicted molar refractivity (Wildman–Crippen MR) is 218 cm³/mol. The van der Waals surface area contributed by atoms with Gasteiger partial charge in [0, 0.05) is 25.7 Å². The number of nitrogens with zero attached hydrogens (tertiary/aromatic N) is 1. The second-order valence-corrected chi connectivity index (χ2v) is 13.6. The summed E-state index contributed by atoms with van der Waals surface area (Å²) in [5.41, 5.74) is 13.2. The van der Waals surface area contributed by atoms with Gasteiger partial charge in [-0.15, -0.1) is 11.3 Å². The molecule has 0 aliphatic heterocycles. The quantitative estimate of drug-likeness (QED) is 0.144. The Bertz CT molecular complexity index is 2520. The molecule has 0 saturated carbocycles. The van der Waals surface area contributed by atoms with Crippen LogP contribution in [0.3, 0.4) is 0 Å². The van der Waals surface area contributed by atoms with E-state index in [1.54, 1.807) is 0 Å². The molecule has 0 bridgehead atoms. The average Bonchev–Trinajstić information content (AvgIpc) is 3.56. The van der Waals surface area contributed by atoms with Crippen molar-refractivity contribution in [1.29, 1.82) is 0 Å². The van der Waals surface area contributed by atoms with Gasteiger partial charge in [0.1, 0.15) is 0 Å². The average molecular weight is 658 g/mol. The molecule has 7 aromatic carbocycles. The Hall–Kier alpha value is -6.09. The monoisotopic (exact) mass is 657 g/mol. The lowest BCUT2D eigenvalue weighted by Gasteiger charge is -2.17. The zero-order valence-electron chi connectivity index (χ0n) is 27.9. The number of hydrogen-bond acceptors (Lipinski definition) is 2. The van der Waals surface area contributed by atoms with Crippen LogP contribution in [0.1, 0.15) is 23.6 Å². The summed E-state index contributed by atoms with van der Waals surface area (Å²) in [6.07, 6.45) is 2.20. The van der Waals surface area contributed by atoms with Gasteiger partial charge in [-0.3, -0.25) is 0 Å². The zero-order chi connectivity index (χ0) is 33.9. The summed E-state index contributed by atoms with van der Waals surface area (Å²) in [6, 6.07) is 62.4. The van der Waals surface area contributed by atoms with E-state index in [4.69, 9.17) is 4.99 Å². The van der Waals surface area contributed by atoms with Crippen molar-refractivity contribution in [1.82, 2.24) is 0 Å². The highest BCUT2D eigenvalue weighted by atomic mass is 32.1. The molecule has 8 aromatic rings. The van der Waals surface area contributed by atoms with Crippen molar-refractivity contribution in [3.05, 3.63) is 205 Å². The molecule has 0 N–H and O–H groups in total. The van der Waals surface area contributed by atoms with Crippen LogP contribution in [0.2, 0.25) is 0 Å². The van der Waals surface area contributed by atoms with E-state index in [-0.39, 0.29) is 0 Å². The SMILES string of the molecule is C=C(N=C(/C=C(\C)c1cccc(-c2ccc(-c3ccc4sc5ccccc5c4c3)cc2)c1-c1ccccc1)c1ccccc1)c1ccccc1. The maximum Gasteiger partial charge on any atom is 0.0712 e. The van der Waals surface area contributed by atoms with Crippen molar-refractivity contribution < 1.29 is 0 Å². The Morgan fingerprint density at radius 2 is 1.12 bits per heavy atom. The van der Waals surface area contributed by atoms with Gasteiger partial charge < -0.3 is 0 Å². The van der Waals surface area contributed by atoms with E-state index in [1.165, 1.54) is 59.1 Å². The third-order valence-electron chi connectivity index (χ3n) is 9.24. The van der Waals surface area contributed by atoms with Crippen LogP contribution < -0.4 is 0 Å². The molecule has 0 aliphatic rings. The number of benzene rings is 7. The van der Waals surface area contributed by atoms with Crippen LogP contribution in [0, 0.1) is 0 Å². The second kappa shape index (κ2) is 13.8. The van der Waals surface area contributed by atoms with Gasteiger partial charge in [0.25, 0.3) is 0 Å². The van der Waals surface area contributed by atoms with Crippen LogP contribution in [0.25, 0.3) is 64.8 Å². The molecule has 1 nitrogen and oxygen atoms in total. The first-order chi connectivity index (χ1) is 24.6. The van der Waals surface area contributed by atoms with Gasteiger partial charge in [0.05, 0.1) is 11.4 Å². The molecule has 0 atom stereocenters. The van der Waals surface area contributed by atoms with Gasteiger partial charge >= 0.3 is 0 Å². The first-order valence-electron chi connectivity index (χ1n) is 16.9. The molecule has 1 heterocycles. The third-order valence-corrected chi connectivity index (χ3v) is 10.4. The first-order valence-corrected chi connectivity index (χ1v) is 17.7. The summed E-state index contributed by atoms with van der Waals surface area (Å²) < 4.78 is 2.65. The summed E-state index contributed by atoms with van der Waals surface area (Å²) in [5, 5.41) is 2.64. The van der Waals surface area contributed by atoms with Crippen LogP contribution in [-0.2, 0) is 0 Å². The van der Waals surface area contributed by atoms with Gasteiger partial charge in [-0.1, -0.05) is 164 Å². The Kier molecular flexibility index (Phi) is 8.61. The van der Waals surface area contributed by atoms with E-state index >= 15 is 0 Å². The van der Waals surface area contributed by atoms with Crippen molar-refractivity contribution in [3.8, 4) is 33.4 Å². The van der Waals surface area contributed by atoms with Crippen LogP contribution >= 0.6 is 11.3 Å². The van der Waals surface area contributed by atoms with Gasteiger partial charge in [-0.2, -0.15) is 0 Å². The molecular weight excluding hydrogens is 623 g/mol. The largest absolute Gasteiger partial charge is 0.248 e. The highest BCUT2D eigenvalue weighted by molar-refractivity contribution is 7.25. The van der Waals surface area contributed by atoms with Crippen molar-refractivity contribution in [2.24, 2.45) is 4.99 Å². The number of fused-ring (bicyclic) bond motifs is 3. The third kappa shape index (κ3) is 6.25. The minimum Gasteiger partial charge on any atom is -0.248 e. The Morgan fingerprint density at radius 1 is 0.520 bits per heavy atom. The molecular formula is C48H35NS. The van der Waals surface area contributed by atoms with E-state index in [1.807, 2.05) is 35.6 Å². The van der Waals surface area contributed by atoms with Crippen molar-refractivity contribution >= 4 is 48.5 Å². The Labute approximate surface area is 297 Å². The number of thiophene rings is 1.